The van der Waals surface area contributed by atoms with Crippen molar-refractivity contribution in [1.29, 1.82) is 0 Å². The Hall–Kier alpha value is -1.63. The predicted octanol–water partition coefficient (Wildman–Crippen LogP) is 4.03. The van der Waals surface area contributed by atoms with Crippen LogP contribution in [0.15, 0.2) is 23.3 Å². The molecule has 7 heteroatoms. The van der Waals surface area contributed by atoms with Crippen LogP contribution in [0.2, 0.25) is 0 Å². The second kappa shape index (κ2) is 16.5. The van der Waals surface area contributed by atoms with Crippen LogP contribution >= 0.6 is 11.6 Å². The Balaban J connectivity index is 0. The number of nitrogens with zero attached hydrogens (tertiary/aromatic N) is 3. The monoisotopic (exact) mass is 401 g/mol. The van der Waals surface area contributed by atoms with Crippen molar-refractivity contribution in [3.63, 3.8) is 0 Å². The fourth-order valence-electron chi connectivity index (χ4n) is 2.32. The van der Waals surface area contributed by atoms with Crippen molar-refractivity contribution in [2.75, 3.05) is 18.6 Å². The van der Waals surface area contributed by atoms with E-state index in [1.165, 1.54) is 0 Å². The van der Waals surface area contributed by atoms with Gasteiger partial charge in [-0.1, -0.05) is 57.5 Å². The minimum absolute atomic E-state index is 0.0464. The molecule has 0 saturated carbocycles. The van der Waals surface area contributed by atoms with E-state index in [1.807, 2.05) is 34.6 Å². The number of amides is 1. The van der Waals surface area contributed by atoms with Crippen LogP contribution in [0.25, 0.3) is 0 Å². The molecule has 0 bridgehead atoms. The third-order valence-electron chi connectivity index (χ3n) is 3.55. The lowest BCUT2D eigenvalue weighted by atomic mass is 10.2. The first-order chi connectivity index (χ1) is 13.0. The number of aliphatic hydroxyl groups is 2. The first-order valence-corrected chi connectivity index (χ1v) is 9.77. The first-order valence-electron chi connectivity index (χ1n) is 9.39. The van der Waals surface area contributed by atoms with E-state index in [4.69, 9.17) is 16.7 Å². The molecule has 156 valence electrons. The zero-order chi connectivity index (χ0) is 21.4. The van der Waals surface area contributed by atoms with E-state index in [2.05, 4.69) is 24.1 Å². The minimum atomic E-state index is -0.103. The molecule has 2 rings (SSSR count). The summed E-state index contributed by atoms with van der Waals surface area (Å²) in [5.74, 6) is 0.538. The Morgan fingerprint density at radius 2 is 1.85 bits per heavy atom. The summed E-state index contributed by atoms with van der Waals surface area (Å²) in [5.41, 5.74) is 1.56. The number of aliphatic hydroxyl groups excluding tert-OH is 2. The number of carbonyl (C=O) groups is 1. The van der Waals surface area contributed by atoms with Gasteiger partial charge in [-0.25, -0.2) is 4.98 Å². The highest BCUT2D eigenvalue weighted by molar-refractivity contribution is 6.30. The molecule has 0 fully saturated rings. The number of allylic oxidation sites excluding steroid dienone is 3. The lowest BCUT2D eigenvalue weighted by Crippen LogP contribution is -2.28. The second-order valence-corrected chi connectivity index (χ2v) is 5.58. The summed E-state index contributed by atoms with van der Waals surface area (Å²) in [6, 6.07) is 0. The highest BCUT2D eigenvalue weighted by Crippen LogP contribution is 2.27. The first kappa shape index (κ1) is 27.6. The molecule has 0 aliphatic carbocycles. The smallest absolute Gasteiger partial charge is 0.249 e. The molecule has 27 heavy (non-hydrogen) atoms. The molecule has 0 spiro atoms. The van der Waals surface area contributed by atoms with Crippen LogP contribution in [0.3, 0.4) is 0 Å². The van der Waals surface area contributed by atoms with Gasteiger partial charge in [0.05, 0.1) is 24.5 Å². The number of imidazole rings is 1. The van der Waals surface area contributed by atoms with Crippen molar-refractivity contribution in [3.8, 4) is 0 Å². The lowest BCUT2D eigenvalue weighted by molar-refractivity contribution is -0.118. The molecular formula is C20H36ClN3O3. The zero-order valence-corrected chi connectivity index (χ0v) is 18.5. The van der Waals surface area contributed by atoms with Gasteiger partial charge in [-0.2, -0.15) is 0 Å². The number of hydrogen-bond acceptors (Lipinski definition) is 4. The van der Waals surface area contributed by atoms with E-state index in [0.717, 1.165) is 31.3 Å². The maximum absolute atomic E-state index is 11.9. The lowest BCUT2D eigenvalue weighted by Gasteiger charge is -2.12. The molecule has 0 radical (unpaired) electrons. The fraction of sp³-hybridized carbons (Fsp3) is 0.600. The van der Waals surface area contributed by atoms with Gasteiger partial charge in [0, 0.05) is 12.1 Å². The average molecular weight is 402 g/mol. The van der Waals surface area contributed by atoms with Crippen LogP contribution < -0.4 is 4.90 Å². The van der Waals surface area contributed by atoms with Gasteiger partial charge in [0.1, 0.15) is 6.54 Å². The molecule has 0 atom stereocenters. The average Bonchev–Trinajstić information content (AvgIpc) is 3.20. The molecule has 2 heterocycles. The van der Waals surface area contributed by atoms with Crippen molar-refractivity contribution < 1.29 is 15.0 Å². The number of rotatable bonds is 5. The van der Waals surface area contributed by atoms with Crippen LogP contribution in [0.1, 0.15) is 59.4 Å². The molecular weight excluding hydrogens is 366 g/mol. The van der Waals surface area contributed by atoms with Gasteiger partial charge < -0.3 is 14.8 Å². The molecule has 1 amide bonds. The Kier molecular flexibility index (Phi) is 16.9. The largest absolute Gasteiger partial charge is 0.400 e. The van der Waals surface area contributed by atoms with Crippen molar-refractivity contribution in [3.05, 3.63) is 34.6 Å². The van der Waals surface area contributed by atoms with E-state index in [1.54, 1.807) is 15.5 Å². The third-order valence-corrected chi connectivity index (χ3v) is 3.89. The third kappa shape index (κ3) is 8.28. The standard InChI is InChI=1S/C12H16ClN3O2.C5H10.C2H6.CH4O/c1-3-8(13)5-16-11(18)6-15-10(7-17)9(4-2)14-12(15)16;1-3-5-4-2;2*1-2/h3,17H,4-7H2,1-2H3;3,5H,4H2,1-2H3;1-2H3;2H,1H3/b8-3+;5-3+;;. The summed E-state index contributed by atoms with van der Waals surface area (Å²) >= 11 is 5.97. The van der Waals surface area contributed by atoms with Crippen LogP contribution in [0.5, 0.6) is 0 Å². The van der Waals surface area contributed by atoms with Gasteiger partial charge in [-0.05, 0) is 26.7 Å². The number of halogens is 1. The molecule has 0 aromatic carbocycles. The highest BCUT2D eigenvalue weighted by Gasteiger charge is 2.32. The number of anilines is 1. The van der Waals surface area contributed by atoms with Crippen molar-refractivity contribution in [2.24, 2.45) is 0 Å². The Labute approximate surface area is 169 Å². The van der Waals surface area contributed by atoms with Gasteiger partial charge >= 0.3 is 0 Å². The van der Waals surface area contributed by atoms with Crippen LogP contribution in [0, 0.1) is 0 Å². The number of aromatic nitrogens is 2. The summed E-state index contributed by atoms with van der Waals surface area (Å²) in [5, 5.41) is 17.0. The van der Waals surface area contributed by atoms with Gasteiger partial charge in [-0.15, -0.1) is 0 Å². The molecule has 1 aliphatic rings. The summed E-state index contributed by atoms with van der Waals surface area (Å²) in [4.78, 5) is 17.9. The number of fused-ring (bicyclic) bond motifs is 1. The summed E-state index contributed by atoms with van der Waals surface area (Å²) in [6.45, 7) is 12.4. The Morgan fingerprint density at radius 3 is 2.22 bits per heavy atom. The molecule has 0 unspecified atom stereocenters. The molecule has 6 nitrogen and oxygen atoms in total. The van der Waals surface area contributed by atoms with Crippen molar-refractivity contribution >= 4 is 23.5 Å². The molecule has 1 aromatic rings. The van der Waals surface area contributed by atoms with E-state index in [0.29, 0.717) is 17.5 Å². The molecule has 2 N–H and O–H groups in total. The van der Waals surface area contributed by atoms with Crippen LogP contribution in [-0.2, 0) is 24.4 Å². The van der Waals surface area contributed by atoms with Gasteiger partial charge in [0.15, 0.2) is 0 Å². The maximum Gasteiger partial charge on any atom is 0.249 e. The SMILES string of the molecule is C/C=C(/Cl)CN1C(=O)Cn2c1nc(CC)c2CO.C/C=C/CC.CC.CO. The van der Waals surface area contributed by atoms with Crippen molar-refractivity contribution in [1.82, 2.24) is 9.55 Å². The molecule has 0 saturated heterocycles. The second-order valence-electron chi connectivity index (χ2n) is 5.10. The minimum Gasteiger partial charge on any atom is -0.400 e. The fourth-order valence-corrected chi connectivity index (χ4v) is 2.44. The zero-order valence-electron chi connectivity index (χ0n) is 17.8. The predicted molar refractivity (Wildman–Crippen MR) is 114 cm³/mol. The van der Waals surface area contributed by atoms with Crippen molar-refractivity contribution in [2.45, 2.75) is 67.5 Å². The van der Waals surface area contributed by atoms with E-state index < -0.39 is 0 Å². The van der Waals surface area contributed by atoms with E-state index in [9.17, 15) is 9.90 Å². The summed E-state index contributed by atoms with van der Waals surface area (Å²) in [7, 11) is 1.00. The maximum atomic E-state index is 11.9. The topological polar surface area (TPSA) is 78.6 Å². The number of carbonyl (C=O) groups excluding carboxylic acids is 1. The quantitative estimate of drug-likeness (QED) is 0.730. The van der Waals surface area contributed by atoms with E-state index >= 15 is 0 Å². The van der Waals surface area contributed by atoms with Crippen LogP contribution in [0.4, 0.5) is 5.95 Å². The summed E-state index contributed by atoms with van der Waals surface area (Å²) < 4.78 is 1.76. The summed E-state index contributed by atoms with van der Waals surface area (Å²) in [6.07, 6.45) is 7.83. The van der Waals surface area contributed by atoms with E-state index in [-0.39, 0.29) is 19.1 Å². The Bertz CT molecular complexity index is 596. The highest BCUT2D eigenvalue weighted by atomic mass is 35.5. The van der Waals surface area contributed by atoms with Crippen LogP contribution in [-0.4, -0.2) is 39.3 Å². The van der Waals surface area contributed by atoms with Gasteiger partial charge in [0.2, 0.25) is 11.9 Å². The van der Waals surface area contributed by atoms with Gasteiger partial charge in [-0.3, -0.25) is 9.69 Å². The normalized spacial score (nSPS) is 12.6. The number of aryl methyl sites for hydroxylation is 1. The number of hydrogen-bond donors (Lipinski definition) is 2. The van der Waals surface area contributed by atoms with Gasteiger partial charge in [0.25, 0.3) is 0 Å². The molecule has 1 aromatic heterocycles. The Morgan fingerprint density at radius 1 is 1.26 bits per heavy atom. The molecule has 1 aliphatic heterocycles.